The van der Waals surface area contributed by atoms with E-state index in [0.717, 1.165) is 10.6 Å². The Bertz CT molecular complexity index is 1030. The molecule has 0 aliphatic carbocycles. The topological polar surface area (TPSA) is 98.4 Å². The number of nitrogens with one attached hydrogen (secondary N) is 1. The van der Waals surface area contributed by atoms with Gasteiger partial charge in [-0.1, -0.05) is 0 Å². The molecule has 0 saturated carbocycles. The summed E-state index contributed by atoms with van der Waals surface area (Å²) in [5.41, 5.74) is 3.23. The van der Waals surface area contributed by atoms with Crippen molar-refractivity contribution in [3.05, 3.63) is 50.4 Å². The highest BCUT2D eigenvalue weighted by Crippen LogP contribution is 2.26. The molecule has 0 aliphatic rings. The van der Waals surface area contributed by atoms with Gasteiger partial charge in [-0.25, -0.2) is 9.78 Å². The van der Waals surface area contributed by atoms with Gasteiger partial charge in [0.2, 0.25) is 5.78 Å². The first kappa shape index (κ1) is 20.9. The fourth-order valence-corrected chi connectivity index (χ4v) is 4.39. The number of carbonyl (C=O) groups excluding carboxylic acids is 3. The molecule has 0 radical (unpaired) electrons. The highest BCUT2D eigenvalue weighted by molar-refractivity contribution is 7.14. The smallest absolute Gasteiger partial charge is 0.340 e. The van der Waals surface area contributed by atoms with Crippen molar-refractivity contribution in [2.45, 2.75) is 27.2 Å². The number of thiophene rings is 1. The van der Waals surface area contributed by atoms with Crippen LogP contribution in [0.25, 0.3) is 10.6 Å². The third-order valence-electron chi connectivity index (χ3n) is 4.21. The summed E-state index contributed by atoms with van der Waals surface area (Å²) in [4.78, 5) is 43.9. The SMILES string of the molecule is CCOC(=O)c1c(C)[nH]c(C(=O)COC(=O)Cc2csc(-c3ccsc3)n2)c1C. The zero-order chi connectivity index (χ0) is 21.0. The summed E-state index contributed by atoms with van der Waals surface area (Å²) < 4.78 is 10.1. The van der Waals surface area contributed by atoms with Gasteiger partial charge in [0.15, 0.2) is 6.61 Å². The Morgan fingerprint density at radius 1 is 1.17 bits per heavy atom. The number of H-pyrrole nitrogens is 1. The highest BCUT2D eigenvalue weighted by atomic mass is 32.1. The molecule has 0 aromatic carbocycles. The van der Waals surface area contributed by atoms with Crippen molar-refractivity contribution in [3.63, 3.8) is 0 Å². The van der Waals surface area contributed by atoms with Gasteiger partial charge >= 0.3 is 11.9 Å². The van der Waals surface area contributed by atoms with Gasteiger partial charge in [0.1, 0.15) is 5.01 Å². The van der Waals surface area contributed by atoms with Crippen LogP contribution < -0.4 is 0 Å². The molecule has 3 aromatic heterocycles. The van der Waals surface area contributed by atoms with Crippen molar-refractivity contribution < 1.29 is 23.9 Å². The largest absolute Gasteiger partial charge is 0.462 e. The molecule has 0 unspecified atom stereocenters. The third kappa shape index (κ3) is 4.80. The first-order chi connectivity index (χ1) is 13.9. The fraction of sp³-hybridized carbons (Fsp3) is 0.300. The van der Waals surface area contributed by atoms with Crippen molar-refractivity contribution in [2.24, 2.45) is 0 Å². The molecule has 152 valence electrons. The molecule has 0 atom stereocenters. The van der Waals surface area contributed by atoms with Gasteiger partial charge < -0.3 is 14.5 Å². The highest BCUT2D eigenvalue weighted by Gasteiger charge is 2.23. The predicted octanol–water partition coefficient (Wildman–Crippen LogP) is 3.96. The zero-order valence-electron chi connectivity index (χ0n) is 16.2. The van der Waals surface area contributed by atoms with Crippen molar-refractivity contribution in [1.29, 1.82) is 0 Å². The molecule has 3 aromatic rings. The Morgan fingerprint density at radius 3 is 2.66 bits per heavy atom. The third-order valence-corrected chi connectivity index (χ3v) is 5.83. The van der Waals surface area contributed by atoms with E-state index >= 15 is 0 Å². The number of hydrogen-bond donors (Lipinski definition) is 1. The second-order valence-electron chi connectivity index (χ2n) is 6.26. The first-order valence-electron chi connectivity index (χ1n) is 8.92. The molecule has 0 bridgehead atoms. The minimum atomic E-state index is -0.535. The lowest BCUT2D eigenvalue weighted by molar-refractivity contribution is -0.141. The molecule has 0 aliphatic heterocycles. The van der Waals surface area contributed by atoms with Crippen LogP contribution in [0.2, 0.25) is 0 Å². The number of rotatable bonds is 8. The van der Waals surface area contributed by atoms with E-state index in [0.29, 0.717) is 22.5 Å². The van der Waals surface area contributed by atoms with Gasteiger partial charge in [-0.05, 0) is 37.8 Å². The Labute approximate surface area is 175 Å². The van der Waals surface area contributed by atoms with Crippen molar-refractivity contribution in [2.75, 3.05) is 13.2 Å². The van der Waals surface area contributed by atoms with E-state index < -0.39 is 24.3 Å². The minimum absolute atomic E-state index is 0.00920. The zero-order valence-corrected chi connectivity index (χ0v) is 17.9. The average molecular weight is 433 g/mol. The summed E-state index contributed by atoms with van der Waals surface area (Å²) in [6.45, 7) is 4.89. The number of Topliss-reactive ketones (excluding diaryl/α,β-unsaturated/α-hetero) is 1. The summed E-state index contributed by atoms with van der Waals surface area (Å²) >= 11 is 3.04. The summed E-state index contributed by atoms with van der Waals surface area (Å²) in [7, 11) is 0. The van der Waals surface area contributed by atoms with E-state index in [1.807, 2.05) is 16.8 Å². The molecule has 0 fully saturated rings. The van der Waals surface area contributed by atoms with Crippen molar-refractivity contribution >= 4 is 40.4 Å². The Balaban J connectivity index is 1.59. The van der Waals surface area contributed by atoms with Crippen molar-refractivity contribution in [3.8, 4) is 10.6 Å². The lowest BCUT2D eigenvalue weighted by Gasteiger charge is -2.04. The van der Waals surface area contributed by atoms with Crippen LogP contribution in [0.15, 0.2) is 22.2 Å². The van der Waals surface area contributed by atoms with Gasteiger partial charge in [-0.3, -0.25) is 9.59 Å². The summed E-state index contributed by atoms with van der Waals surface area (Å²) in [5, 5.41) is 6.60. The van der Waals surface area contributed by atoms with Crippen LogP contribution >= 0.6 is 22.7 Å². The molecule has 7 nitrogen and oxygen atoms in total. The molecule has 9 heteroatoms. The first-order valence-corrected chi connectivity index (χ1v) is 10.7. The molecule has 0 spiro atoms. The van der Waals surface area contributed by atoms with Gasteiger partial charge in [0.05, 0.1) is 30.0 Å². The van der Waals surface area contributed by atoms with Crippen molar-refractivity contribution in [1.82, 2.24) is 9.97 Å². The van der Waals surface area contributed by atoms with Gasteiger partial charge in [-0.2, -0.15) is 11.3 Å². The number of aromatic nitrogens is 2. The maximum absolute atomic E-state index is 12.5. The van der Waals surface area contributed by atoms with Crippen LogP contribution in [0.4, 0.5) is 0 Å². The molecule has 0 saturated heterocycles. The minimum Gasteiger partial charge on any atom is -0.462 e. The van der Waals surface area contributed by atoms with E-state index in [4.69, 9.17) is 9.47 Å². The lowest BCUT2D eigenvalue weighted by atomic mass is 10.1. The molecule has 29 heavy (non-hydrogen) atoms. The summed E-state index contributed by atoms with van der Waals surface area (Å²) in [6, 6.07) is 1.97. The van der Waals surface area contributed by atoms with E-state index in [1.54, 1.807) is 37.5 Å². The lowest BCUT2D eigenvalue weighted by Crippen LogP contribution is -2.17. The average Bonchev–Trinajstić information content (AvgIpc) is 3.40. The van der Waals surface area contributed by atoms with Gasteiger partial charge in [-0.15, -0.1) is 11.3 Å². The number of carbonyl (C=O) groups is 3. The van der Waals surface area contributed by atoms with Crippen LogP contribution in [0.5, 0.6) is 0 Å². The number of ketones is 1. The second kappa shape index (κ2) is 9.15. The maximum atomic E-state index is 12.5. The van der Waals surface area contributed by atoms with Crippen LogP contribution in [-0.2, 0) is 20.7 Å². The Kier molecular flexibility index (Phi) is 6.60. The number of ether oxygens (including phenoxy) is 2. The number of hydrogen-bond acceptors (Lipinski definition) is 8. The normalized spacial score (nSPS) is 10.7. The number of aryl methyl sites for hydroxylation is 1. The Morgan fingerprint density at radius 2 is 1.97 bits per heavy atom. The molecular formula is C20H20N2O5S2. The number of thiazole rings is 1. The predicted molar refractivity (Wildman–Crippen MR) is 111 cm³/mol. The van der Waals surface area contributed by atoms with E-state index in [2.05, 4.69) is 9.97 Å². The maximum Gasteiger partial charge on any atom is 0.340 e. The second-order valence-corrected chi connectivity index (χ2v) is 7.90. The van der Waals surface area contributed by atoms with Crippen LogP contribution in [0, 0.1) is 13.8 Å². The van der Waals surface area contributed by atoms with Crippen LogP contribution in [0.3, 0.4) is 0 Å². The molecular weight excluding hydrogens is 412 g/mol. The molecule has 0 amide bonds. The Hall–Kier alpha value is -2.78. The standard InChI is InChI=1S/C20H20N2O5S2/c1-4-26-20(25)17-11(2)18(21-12(17)3)15(23)8-27-16(24)7-14-10-29-19(22-14)13-5-6-28-9-13/h5-6,9-10,21H,4,7-8H2,1-3H3. The van der Waals surface area contributed by atoms with Gasteiger partial charge in [0, 0.05) is 22.0 Å². The number of esters is 2. The monoisotopic (exact) mass is 432 g/mol. The van der Waals surface area contributed by atoms with Crippen LogP contribution in [-0.4, -0.2) is 40.9 Å². The quantitative estimate of drug-likeness (QED) is 0.427. The van der Waals surface area contributed by atoms with Crippen LogP contribution in [0.1, 0.15) is 44.7 Å². The van der Waals surface area contributed by atoms with Gasteiger partial charge in [0.25, 0.3) is 0 Å². The number of nitrogens with zero attached hydrogens (tertiary/aromatic N) is 1. The fourth-order valence-electron chi connectivity index (χ4n) is 2.86. The van der Waals surface area contributed by atoms with E-state index in [9.17, 15) is 14.4 Å². The number of aromatic amines is 1. The summed E-state index contributed by atoms with van der Waals surface area (Å²) in [5.74, 6) is -1.43. The molecule has 3 rings (SSSR count). The molecule has 3 heterocycles. The van der Waals surface area contributed by atoms with E-state index in [1.165, 1.54) is 11.3 Å². The summed E-state index contributed by atoms with van der Waals surface area (Å²) in [6.07, 6.45) is -0.00920. The van der Waals surface area contributed by atoms with E-state index in [-0.39, 0.29) is 18.7 Å². The molecule has 1 N–H and O–H groups in total.